The molecular weight excluding hydrogens is 480 g/mol. The third-order valence-electron chi connectivity index (χ3n) is 3.69. The number of carbonyl (C=O) groups is 1. The molecule has 1 atom stereocenters. The molecule has 1 aliphatic heterocycles. The van der Waals surface area contributed by atoms with E-state index in [0.717, 1.165) is 16.7 Å². The van der Waals surface area contributed by atoms with Crippen LogP contribution >= 0.6 is 37.2 Å². The molecule has 1 aliphatic rings. The van der Waals surface area contributed by atoms with E-state index < -0.39 is 0 Å². The van der Waals surface area contributed by atoms with Crippen molar-refractivity contribution in [1.82, 2.24) is 4.90 Å². The van der Waals surface area contributed by atoms with Crippen LogP contribution in [0.15, 0.2) is 17.9 Å². The molecule has 1 aromatic rings. The van der Waals surface area contributed by atoms with Gasteiger partial charge in [0.2, 0.25) is 0 Å². The maximum absolute atomic E-state index is 12.2. The molecule has 0 spiro atoms. The zero-order valence-electron chi connectivity index (χ0n) is 12.3. The molecule has 0 aliphatic carbocycles. The first-order chi connectivity index (χ1) is 9.34. The van der Waals surface area contributed by atoms with Crippen LogP contribution < -0.4 is 0 Å². The minimum Gasteiger partial charge on any atom is -0.509 e. The van der Waals surface area contributed by atoms with Gasteiger partial charge in [-0.05, 0) is 44.4 Å². The molecular formula is C15H19I2NO2. The summed E-state index contributed by atoms with van der Waals surface area (Å²) in [6, 6.07) is 3.84. The first-order valence-electron chi connectivity index (χ1n) is 6.27. The lowest BCUT2D eigenvalue weighted by atomic mass is 9.93. The van der Waals surface area contributed by atoms with Gasteiger partial charge in [0, 0.05) is 44.3 Å². The van der Waals surface area contributed by atoms with Gasteiger partial charge in [0.15, 0.2) is 0 Å². The summed E-state index contributed by atoms with van der Waals surface area (Å²) in [5.74, 6) is 0.0765. The summed E-state index contributed by atoms with van der Waals surface area (Å²) in [4.78, 5) is 13.8. The topological polar surface area (TPSA) is 40.5 Å². The molecule has 3 nitrogen and oxygen atoms in total. The summed E-state index contributed by atoms with van der Waals surface area (Å²) in [5.41, 5.74) is 4.56. The summed E-state index contributed by atoms with van der Waals surface area (Å²) in [7, 11) is 1.72. The Morgan fingerprint density at radius 3 is 1.95 bits per heavy atom. The van der Waals surface area contributed by atoms with Crippen molar-refractivity contribution in [2.75, 3.05) is 7.05 Å². The fourth-order valence-electron chi connectivity index (χ4n) is 2.66. The van der Waals surface area contributed by atoms with Crippen LogP contribution in [0.4, 0.5) is 0 Å². The predicted molar refractivity (Wildman–Crippen MR) is 100 cm³/mol. The number of aryl methyl sites for hydroxylation is 3. The number of likely N-dealkylation sites (N-methyl/N-ethyl adjacent to an activating group) is 1. The minimum absolute atomic E-state index is 0.102. The quantitative estimate of drug-likeness (QED) is 0.578. The van der Waals surface area contributed by atoms with Gasteiger partial charge in [0.1, 0.15) is 5.76 Å². The second-order valence-electron chi connectivity index (χ2n) is 5.13. The van der Waals surface area contributed by atoms with E-state index in [1.807, 2.05) is 39.8 Å². The molecule has 0 bridgehead atoms. The van der Waals surface area contributed by atoms with Crippen molar-refractivity contribution in [2.24, 2.45) is 0 Å². The number of aliphatic hydroxyl groups excluding tert-OH is 1. The molecule has 1 N–H and O–H groups in total. The molecule has 1 amide bonds. The number of hydrogen-bond acceptors (Lipinski definition) is 2. The van der Waals surface area contributed by atoms with Gasteiger partial charge in [0.05, 0.1) is 11.6 Å². The highest BCUT2D eigenvalue weighted by Gasteiger charge is 2.36. The van der Waals surface area contributed by atoms with Crippen LogP contribution in [-0.2, 0) is 4.79 Å². The van der Waals surface area contributed by atoms with Crippen LogP contribution in [0.3, 0.4) is 0 Å². The Labute approximate surface area is 143 Å². The molecule has 0 aromatic heterocycles. The van der Waals surface area contributed by atoms with Crippen LogP contribution in [0.1, 0.15) is 29.2 Å². The van der Waals surface area contributed by atoms with Crippen molar-refractivity contribution < 1.29 is 9.90 Å². The van der Waals surface area contributed by atoms with Gasteiger partial charge in [-0.3, -0.25) is 4.79 Å². The van der Waals surface area contributed by atoms with E-state index in [0.29, 0.717) is 5.57 Å². The fraction of sp³-hybridized carbons (Fsp3) is 0.400. The summed E-state index contributed by atoms with van der Waals surface area (Å²) >= 11 is 4.24. The molecule has 110 valence electrons. The third kappa shape index (κ3) is 3.13. The number of aliphatic hydroxyl groups is 1. The zero-order chi connectivity index (χ0) is 15.6. The molecule has 0 fully saturated rings. The predicted octanol–water partition coefficient (Wildman–Crippen LogP) is 4.51. The average Bonchev–Trinajstić information content (AvgIpc) is 2.58. The molecule has 1 aromatic carbocycles. The van der Waals surface area contributed by atoms with E-state index in [9.17, 15) is 9.90 Å². The minimum atomic E-state index is -0.243. The smallest absolute Gasteiger partial charge is 0.258 e. The monoisotopic (exact) mass is 499 g/mol. The van der Waals surface area contributed by atoms with Crippen LogP contribution in [0.25, 0.3) is 5.57 Å². The molecule has 1 heterocycles. The first-order valence-corrected chi connectivity index (χ1v) is 12.6. The largest absolute Gasteiger partial charge is 0.509 e. The van der Waals surface area contributed by atoms with E-state index in [1.165, 1.54) is 5.56 Å². The fourth-order valence-corrected chi connectivity index (χ4v) is 2.66. The molecule has 2 rings (SSSR count). The van der Waals surface area contributed by atoms with Crippen molar-refractivity contribution in [3.63, 3.8) is 0 Å². The molecule has 0 radical (unpaired) electrons. The van der Waals surface area contributed by atoms with Gasteiger partial charge in [-0.1, -0.05) is 17.7 Å². The number of halogens is 2. The van der Waals surface area contributed by atoms with E-state index in [2.05, 4.69) is 37.2 Å². The van der Waals surface area contributed by atoms with Gasteiger partial charge < -0.3 is 10.0 Å². The van der Waals surface area contributed by atoms with E-state index >= 15 is 0 Å². The second-order valence-corrected chi connectivity index (χ2v) is 5.13. The molecule has 0 saturated carbocycles. The highest BCUT2D eigenvalue weighted by molar-refractivity contribution is 15.0. The Bertz CT molecular complexity index is 544. The van der Waals surface area contributed by atoms with Crippen molar-refractivity contribution >= 4 is 48.7 Å². The number of hydrogen-bond donors (Lipinski definition) is 1. The summed E-state index contributed by atoms with van der Waals surface area (Å²) in [6.07, 6.45) is 0. The molecule has 5 heteroatoms. The van der Waals surface area contributed by atoms with E-state index in [-0.39, 0.29) is 17.7 Å². The van der Waals surface area contributed by atoms with Crippen LogP contribution in [0.2, 0.25) is 0 Å². The highest BCUT2D eigenvalue weighted by Crippen LogP contribution is 2.34. The zero-order valence-corrected chi connectivity index (χ0v) is 16.6. The molecule has 1 unspecified atom stereocenters. The SMILES string of the molecule is Cc1cc(C)c(C2=C(O)C(C)N(C)C2=O)c(C)c1.II. The number of nitrogens with zero attached hydrogens (tertiary/aromatic N) is 1. The van der Waals surface area contributed by atoms with Gasteiger partial charge in [-0.2, -0.15) is 0 Å². The van der Waals surface area contributed by atoms with E-state index in [4.69, 9.17) is 0 Å². The molecule has 0 saturated heterocycles. The number of benzene rings is 1. The Balaban J connectivity index is 0.000000956. The van der Waals surface area contributed by atoms with Crippen molar-refractivity contribution in [3.8, 4) is 0 Å². The maximum atomic E-state index is 12.2. The Morgan fingerprint density at radius 1 is 1.15 bits per heavy atom. The summed E-state index contributed by atoms with van der Waals surface area (Å²) < 4.78 is 0. The molecule has 20 heavy (non-hydrogen) atoms. The van der Waals surface area contributed by atoms with Gasteiger partial charge in [0.25, 0.3) is 5.91 Å². The van der Waals surface area contributed by atoms with Gasteiger partial charge in [-0.15, -0.1) is 0 Å². The van der Waals surface area contributed by atoms with Gasteiger partial charge >= 0.3 is 0 Å². The Kier molecular flexibility index (Phi) is 6.30. The highest BCUT2D eigenvalue weighted by atomic mass is 128. The summed E-state index contributed by atoms with van der Waals surface area (Å²) in [6.45, 7) is 7.82. The lowest BCUT2D eigenvalue weighted by Crippen LogP contribution is -2.29. The average molecular weight is 499 g/mol. The van der Waals surface area contributed by atoms with Crippen molar-refractivity contribution in [1.29, 1.82) is 0 Å². The lowest BCUT2D eigenvalue weighted by Gasteiger charge is -2.15. The number of carbonyl (C=O) groups excluding carboxylic acids is 1. The van der Waals surface area contributed by atoms with Crippen molar-refractivity contribution in [2.45, 2.75) is 33.7 Å². The van der Waals surface area contributed by atoms with Crippen LogP contribution in [0, 0.1) is 20.8 Å². The maximum Gasteiger partial charge on any atom is 0.258 e. The van der Waals surface area contributed by atoms with Crippen molar-refractivity contribution in [3.05, 3.63) is 40.1 Å². The van der Waals surface area contributed by atoms with Crippen LogP contribution in [-0.4, -0.2) is 29.0 Å². The van der Waals surface area contributed by atoms with Gasteiger partial charge in [-0.25, -0.2) is 0 Å². The number of amides is 1. The van der Waals surface area contributed by atoms with Crippen LogP contribution in [0.5, 0.6) is 0 Å². The van der Waals surface area contributed by atoms with E-state index in [1.54, 1.807) is 11.9 Å². The Morgan fingerprint density at radius 2 is 1.60 bits per heavy atom. The Hall–Kier alpha value is -0.310. The normalized spacial score (nSPS) is 18.2. The lowest BCUT2D eigenvalue weighted by molar-refractivity contribution is -0.123. The second kappa shape index (κ2) is 7.11. The first kappa shape index (κ1) is 17.7. The summed E-state index contributed by atoms with van der Waals surface area (Å²) in [5, 5.41) is 10.2. The number of rotatable bonds is 1. The standard InChI is InChI=1S/C15H19NO2.I2/c1-8-6-9(2)12(10(3)7-8)13-14(17)11(4)16(5)15(13)18;1-2/h6-7,11,17H,1-5H3;. The third-order valence-corrected chi connectivity index (χ3v) is 3.69.